The average Bonchev–Trinajstić information content (AvgIpc) is 2.83. The Balaban J connectivity index is 1.77. The van der Waals surface area contributed by atoms with Gasteiger partial charge in [0.05, 0.1) is 23.7 Å². The van der Waals surface area contributed by atoms with Crippen molar-refractivity contribution in [1.29, 1.82) is 0 Å². The largest absolute Gasteiger partial charge is 0.492 e. The number of sulfonamides is 1. The van der Waals surface area contributed by atoms with Crippen LogP contribution in [0.2, 0.25) is 5.02 Å². The van der Waals surface area contributed by atoms with Gasteiger partial charge in [0.25, 0.3) is 10.0 Å². The minimum absolute atomic E-state index is 0.0132. The zero-order valence-corrected chi connectivity index (χ0v) is 21.5. The van der Waals surface area contributed by atoms with Crippen LogP contribution in [0.15, 0.2) is 71.6 Å². The van der Waals surface area contributed by atoms with Crippen molar-refractivity contribution in [2.45, 2.75) is 25.7 Å². The van der Waals surface area contributed by atoms with Crippen molar-refractivity contribution in [3.63, 3.8) is 0 Å². The molecule has 9 heteroatoms. The number of hydrogen-bond donors (Lipinski definition) is 1. The molecule has 0 aromatic heterocycles. The van der Waals surface area contributed by atoms with Crippen LogP contribution in [0.3, 0.4) is 0 Å². The van der Waals surface area contributed by atoms with Gasteiger partial charge in [-0.1, -0.05) is 35.9 Å². The van der Waals surface area contributed by atoms with Gasteiger partial charge in [-0.15, -0.1) is 0 Å². The first-order valence-electron chi connectivity index (χ1n) is 11.2. The molecule has 3 rings (SSSR count). The van der Waals surface area contributed by atoms with Gasteiger partial charge in [0, 0.05) is 5.02 Å². The molecule has 0 unspecified atom stereocenters. The van der Waals surface area contributed by atoms with Gasteiger partial charge in [0.15, 0.2) is 0 Å². The lowest BCUT2D eigenvalue weighted by Crippen LogP contribution is -2.42. The molecule has 1 N–H and O–H groups in total. The van der Waals surface area contributed by atoms with E-state index in [0.29, 0.717) is 17.4 Å². The fraction of sp³-hybridized carbons (Fsp3) is 0.269. The van der Waals surface area contributed by atoms with Crippen LogP contribution in [0.1, 0.15) is 18.1 Å². The van der Waals surface area contributed by atoms with E-state index in [1.54, 1.807) is 31.2 Å². The van der Waals surface area contributed by atoms with Crippen molar-refractivity contribution in [3.8, 4) is 11.5 Å². The smallest absolute Gasteiger partial charge is 0.264 e. The van der Waals surface area contributed by atoms with E-state index in [9.17, 15) is 13.2 Å². The number of rotatable bonds is 11. The Hall–Kier alpha value is -3.23. The van der Waals surface area contributed by atoms with Crippen LogP contribution in [0, 0.1) is 13.8 Å². The number of ether oxygens (including phenoxy) is 2. The van der Waals surface area contributed by atoms with Gasteiger partial charge in [-0.25, -0.2) is 8.42 Å². The zero-order valence-electron chi connectivity index (χ0n) is 20.0. The molecule has 0 saturated heterocycles. The van der Waals surface area contributed by atoms with Crippen molar-refractivity contribution >= 4 is 33.2 Å². The first kappa shape index (κ1) is 26.4. The number of anilines is 1. The lowest BCUT2D eigenvalue weighted by Gasteiger charge is -2.26. The minimum atomic E-state index is -4.09. The number of carbonyl (C=O) groups is 1. The molecule has 0 saturated carbocycles. The van der Waals surface area contributed by atoms with Crippen LogP contribution >= 0.6 is 11.6 Å². The quantitative estimate of drug-likeness (QED) is 0.372. The van der Waals surface area contributed by atoms with Crippen LogP contribution in [0.5, 0.6) is 11.5 Å². The molecule has 0 aliphatic rings. The van der Waals surface area contributed by atoms with Gasteiger partial charge in [0.2, 0.25) is 5.91 Å². The summed E-state index contributed by atoms with van der Waals surface area (Å²) in [5, 5.41) is 3.15. The van der Waals surface area contributed by atoms with Crippen molar-refractivity contribution in [2.24, 2.45) is 0 Å². The fourth-order valence-electron chi connectivity index (χ4n) is 3.37. The Labute approximate surface area is 211 Å². The Morgan fingerprint density at radius 3 is 2.40 bits per heavy atom. The highest BCUT2D eigenvalue weighted by Gasteiger charge is 2.29. The molecule has 7 nitrogen and oxygen atoms in total. The highest BCUT2D eigenvalue weighted by atomic mass is 35.5. The predicted molar refractivity (Wildman–Crippen MR) is 138 cm³/mol. The van der Waals surface area contributed by atoms with E-state index < -0.39 is 22.5 Å². The third-order valence-corrected chi connectivity index (χ3v) is 7.17. The maximum absolute atomic E-state index is 13.5. The Morgan fingerprint density at radius 2 is 1.69 bits per heavy atom. The van der Waals surface area contributed by atoms with Crippen molar-refractivity contribution < 1.29 is 22.7 Å². The van der Waals surface area contributed by atoms with E-state index in [1.165, 1.54) is 24.3 Å². The number of nitrogens with one attached hydrogen (secondary N) is 1. The number of benzene rings is 3. The molecule has 0 aliphatic heterocycles. The monoisotopic (exact) mass is 516 g/mol. The standard InChI is InChI=1S/C26H29ClN2O5S/c1-4-33-24-8-6-5-7-23(24)29(35(31,32)22-13-11-21(27)12-14-22)18-26(30)28-15-16-34-25-17-19(2)9-10-20(25)3/h5-14,17H,4,15-16,18H2,1-3H3,(H,28,30). The molecule has 0 fully saturated rings. The normalized spacial score (nSPS) is 11.1. The summed E-state index contributed by atoms with van der Waals surface area (Å²) >= 11 is 5.94. The minimum Gasteiger partial charge on any atom is -0.492 e. The lowest BCUT2D eigenvalue weighted by atomic mass is 10.1. The summed E-state index contributed by atoms with van der Waals surface area (Å²) in [7, 11) is -4.09. The van der Waals surface area contributed by atoms with Gasteiger partial charge >= 0.3 is 0 Å². The third-order valence-electron chi connectivity index (χ3n) is 5.15. The summed E-state index contributed by atoms with van der Waals surface area (Å²) in [6.45, 7) is 6.10. The Bertz CT molecular complexity index is 1260. The SMILES string of the molecule is CCOc1ccccc1N(CC(=O)NCCOc1cc(C)ccc1C)S(=O)(=O)c1ccc(Cl)cc1. The van der Waals surface area contributed by atoms with E-state index in [2.05, 4.69) is 5.32 Å². The number of halogens is 1. The highest BCUT2D eigenvalue weighted by Crippen LogP contribution is 2.32. The summed E-state index contributed by atoms with van der Waals surface area (Å²) in [5.74, 6) is 0.633. The number of aryl methyl sites for hydroxylation is 2. The fourth-order valence-corrected chi connectivity index (χ4v) is 4.93. The number of carbonyl (C=O) groups excluding carboxylic acids is 1. The summed E-state index contributed by atoms with van der Waals surface area (Å²) in [5.41, 5.74) is 2.34. The van der Waals surface area contributed by atoms with Crippen LogP contribution < -0.4 is 19.1 Å². The van der Waals surface area contributed by atoms with E-state index in [4.69, 9.17) is 21.1 Å². The highest BCUT2D eigenvalue weighted by molar-refractivity contribution is 7.92. The predicted octanol–water partition coefficient (Wildman–Crippen LogP) is 4.75. The van der Waals surface area contributed by atoms with Crippen LogP contribution in [0.4, 0.5) is 5.69 Å². The lowest BCUT2D eigenvalue weighted by molar-refractivity contribution is -0.119. The molecule has 0 spiro atoms. The second-order valence-electron chi connectivity index (χ2n) is 7.83. The average molecular weight is 517 g/mol. The Kier molecular flexibility index (Phi) is 9.01. The van der Waals surface area contributed by atoms with E-state index in [0.717, 1.165) is 21.2 Å². The summed E-state index contributed by atoms with van der Waals surface area (Å²) in [6.07, 6.45) is 0. The number of nitrogens with zero attached hydrogens (tertiary/aromatic N) is 1. The molecule has 3 aromatic carbocycles. The molecular weight excluding hydrogens is 488 g/mol. The molecular formula is C26H29ClN2O5S. The molecule has 0 heterocycles. The van der Waals surface area contributed by atoms with Gasteiger partial charge < -0.3 is 14.8 Å². The molecule has 0 bridgehead atoms. The molecule has 35 heavy (non-hydrogen) atoms. The Morgan fingerprint density at radius 1 is 0.971 bits per heavy atom. The topological polar surface area (TPSA) is 84.9 Å². The second kappa shape index (κ2) is 12.0. The van der Waals surface area contributed by atoms with E-state index >= 15 is 0 Å². The number of para-hydroxylation sites is 2. The first-order chi connectivity index (χ1) is 16.7. The van der Waals surface area contributed by atoms with Gasteiger partial charge in [-0.05, 0) is 74.4 Å². The third kappa shape index (κ3) is 6.90. The van der Waals surface area contributed by atoms with Gasteiger partial charge in [-0.2, -0.15) is 0 Å². The van der Waals surface area contributed by atoms with E-state index in [1.807, 2.05) is 32.0 Å². The maximum Gasteiger partial charge on any atom is 0.264 e. The second-order valence-corrected chi connectivity index (χ2v) is 10.1. The molecule has 0 atom stereocenters. The molecule has 3 aromatic rings. The summed E-state index contributed by atoms with van der Waals surface area (Å²) in [6, 6.07) is 18.4. The van der Waals surface area contributed by atoms with Crippen LogP contribution in [-0.4, -0.2) is 40.6 Å². The van der Waals surface area contributed by atoms with Gasteiger partial charge in [-0.3, -0.25) is 9.10 Å². The van der Waals surface area contributed by atoms with Gasteiger partial charge in [0.1, 0.15) is 24.7 Å². The van der Waals surface area contributed by atoms with Crippen molar-refractivity contribution in [2.75, 3.05) is 30.6 Å². The molecule has 186 valence electrons. The van der Waals surface area contributed by atoms with Crippen LogP contribution in [-0.2, 0) is 14.8 Å². The number of hydrogen-bond acceptors (Lipinski definition) is 5. The summed E-state index contributed by atoms with van der Waals surface area (Å²) < 4.78 is 39.5. The van der Waals surface area contributed by atoms with Crippen molar-refractivity contribution in [1.82, 2.24) is 5.32 Å². The number of amides is 1. The van der Waals surface area contributed by atoms with E-state index in [-0.39, 0.29) is 23.7 Å². The molecule has 0 aliphatic carbocycles. The van der Waals surface area contributed by atoms with Crippen molar-refractivity contribution in [3.05, 3.63) is 82.9 Å². The van der Waals surface area contributed by atoms with Crippen LogP contribution in [0.25, 0.3) is 0 Å². The zero-order chi connectivity index (χ0) is 25.4. The molecule has 1 amide bonds. The molecule has 0 radical (unpaired) electrons. The maximum atomic E-state index is 13.5. The first-order valence-corrected chi connectivity index (χ1v) is 13.0. The summed E-state index contributed by atoms with van der Waals surface area (Å²) in [4.78, 5) is 12.8.